The van der Waals surface area contributed by atoms with E-state index in [1.54, 1.807) is 0 Å². The van der Waals surface area contributed by atoms with E-state index in [-0.39, 0.29) is 86.8 Å². The molecule has 18 heavy (non-hydrogen) atoms. The molecule has 0 aliphatic carbocycles. The highest BCUT2D eigenvalue weighted by Crippen LogP contribution is 2.21. The van der Waals surface area contributed by atoms with Crippen LogP contribution in [0.15, 0.2) is 42.5 Å². The highest BCUT2D eigenvalue weighted by molar-refractivity contribution is 6.35. The molecule has 0 unspecified atom stereocenters. The fourth-order valence-corrected chi connectivity index (χ4v) is 1.43. The van der Waals surface area contributed by atoms with Crippen LogP contribution in [0.25, 0.3) is 10.8 Å². The van der Waals surface area contributed by atoms with E-state index in [1.165, 1.54) is 5.39 Å². The number of hydrogen-bond acceptors (Lipinski definition) is 0. The van der Waals surface area contributed by atoms with Gasteiger partial charge in [-0.2, -0.15) is 0 Å². The maximum atomic E-state index is 5.96. The number of fused-ring (bicyclic) bond motifs is 1. The van der Waals surface area contributed by atoms with Crippen LogP contribution in [0.1, 0.15) is 0 Å². The van der Waals surface area contributed by atoms with Gasteiger partial charge >= 0.3 is 0 Å². The molecule has 0 heterocycles. The molecule has 0 nitrogen and oxygen atoms in total. The molecular weight excluding hydrogens is 404 g/mol. The highest BCUT2D eigenvalue weighted by Gasteiger charge is 1.93. The van der Waals surface area contributed by atoms with E-state index >= 15 is 0 Å². The predicted molar refractivity (Wildman–Crippen MR) is 99.7 cm³/mol. The Labute approximate surface area is 155 Å². The third kappa shape index (κ3) is 9.01. The molecule has 0 atom stereocenters. The average Bonchev–Trinajstić information content (AvgIpc) is 2.06. The van der Waals surface area contributed by atoms with Gasteiger partial charge in [0.25, 0.3) is 0 Å². The van der Waals surface area contributed by atoms with E-state index in [2.05, 4.69) is 12.1 Å². The molecule has 0 saturated heterocycles. The summed E-state index contributed by atoms with van der Waals surface area (Å²) in [6.45, 7) is 0. The van der Waals surface area contributed by atoms with Crippen LogP contribution in [-0.4, -0.2) is 0 Å². The maximum absolute atomic E-state index is 5.96. The third-order valence-electron chi connectivity index (χ3n) is 1.74. The molecule has 2 aromatic rings. The van der Waals surface area contributed by atoms with Crippen LogP contribution in [-0.2, 0) is 0 Å². The van der Waals surface area contributed by atoms with Crippen molar-refractivity contribution in [1.82, 2.24) is 0 Å². The lowest BCUT2D eigenvalue weighted by Gasteiger charge is -1.97. The number of benzene rings is 2. The first-order valence-corrected chi connectivity index (χ1v) is 3.89. The molecule has 110 valence electrons. The molecule has 2 aromatic carbocycles. The molecule has 0 aliphatic heterocycles. The van der Waals surface area contributed by atoms with Gasteiger partial charge in [-0.15, -0.1) is 86.8 Å². The van der Waals surface area contributed by atoms with Crippen molar-refractivity contribution in [3.05, 3.63) is 47.5 Å². The second kappa shape index (κ2) is 18.0. The van der Waals surface area contributed by atoms with Crippen LogP contribution in [0.5, 0.6) is 0 Å². The number of halogens is 8. The van der Waals surface area contributed by atoms with Crippen LogP contribution in [0, 0.1) is 0 Å². The first-order chi connectivity index (χ1) is 5.38. The van der Waals surface area contributed by atoms with Crippen molar-refractivity contribution in [3.8, 4) is 0 Å². The van der Waals surface area contributed by atoms with Crippen molar-refractivity contribution in [2.45, 2.75) is 0 Å². The van der Waals surface area contributed by atoms with Gasteiger partial charge in [-0.25, -0.2) is 0 Å². The smallest absolute Gasteiger partial charge is 0.0484 e. The Morgan fingerprint density at radius 2 is 1.00 bits per heavy atom. The first kappa shape index (κ1) is 36.4. The van der Waals surface area contributed by atoms with Crippen molar-refractivity contribution in [1.29, 1.82) is 0 Å². The van der Waals surface area contributed by atoms with E-state index < -0.39 is 0 Å². The molecule has 8 heteroatoms. The SMILES string of the molecule is Cl.Cl.Cl.Cl.Cl.Cl.Cl.Clc1cccc2ccccc12. The molecule has 0 saturated carbocycles. The van der Waals surface area contributed by atoms with E-state index in [0.717, 1.165) is 10.4 Å². The normalized spacial score (nSPS) is 6.28. The van der Waals surface area contributed by atoms with Crippen molar-refractivity contribution < 1.29 is 0 Å². The zero-order chi connectivity index (χ0) is 7.68. The molecule has 0 spiro atoms. The number of hydrogen-bond donors (Lipinski definition) is 0. The van der Waals surface area contributed by atoms with E-state index in [0.29, 0.717) is 0 Å². The van der Waals surface area contributed by atoms with Gasteiger partial charge in [0, 0.05) is 10.4 Å². The van der Waals surface area contributed by atoms with Crippen molar-refractivity contribution in [2.24, 2.45) is 0 Å². The molecule has 0 amide bonds. The number of rotatable bonds is 0. The summed E-state index contributed by atoms with van der Waals surface area (Å²) in [7, 11) is 0. The standard InChI is InChI=1S/C10H7Cl.7ClH/c11-10-7-3-5-8-4-1-2-6-9(8)10;;;;;;;/h1-7H;7*1H. The van der Waals surface area contributed by atoms with Crippen molar-refractivity contribution >= 4 is 109 Å². The molecule has 0 aliphatic rings. The van der Waals surface area contributed by atoms with Gasteiger partial charge in [0.05, 0.1) is 0 Å². The first-order valence-electron chi connectivity index (χ1n) is 3.51. The van der Waals surface area contributed by atoms with E-state index in [4.69, 9.17) is 11.6 Å². The minimum absolute atomic E-state index is 0. The Morgan fingerprint density at radius 3 is 1.50 bits per heavy atom. The van der Waals surface area contributed by atoms with Gasteiger partial charge in [0.1, 0.15) is 0 Å². The van der Waals surface area contributed by atoms with E-state index in [9.17, 15) is 0 Å². The van der Waals surface area contributed by atoms with Crippen LogP contribution in [0.3, 0.4) is 0 Å². The molecular formula is C10H14Cl8. The third-order valence-corrected chi connectivity index (χ3v) is 2.07. The highest BCUT2D eigenvalue weighted by atomic mass is 35.5. The topological polar surface area (TPSA) is 0 Å². The summed E-state index contributed by atoms with van der Waals surface area (Å²) in [5.74, 6) is 0. The lowest BCUT2D eigenvalue weighted by atomic mass is 10.1. The van der Waals surface area contributed by atoms with Gasteiger partial charge in [0.2, 0.25) is 0 Å². The zero-order valence-corrected chi connectivity index (χ0v) is 15.2. The molecule has 0 fully saturated rings. The van der Waals surface area contributed by atoms with Crippen LogP contribution < -0.4 is 0 Å². The Bertz CT molecular complexity index is 387. The van der Waals surface area contributed by atoms with Crippen LogP contribution in [0.4, 0.5) is 0 Å². The maximum Gasteiger partial charge on any atom is 0.0484 e. The quantitative estimate of drug-likeness (QED) is 0.462. The van der Waals surface area contributed by atoms with Crippen molar-refractivity contribution in [2.75, 3.05) is 0 Å². The predicted octanol–water partition coefficient (Wildman–Crippen LogP) is 6.45. The summed E-state index contributed by atoms with van der Waals surface area (Å²) in [5, 5.41) is 3.14. The fraction of sp³-hybridized carbons (Fsp3) is 0. The Hall–Kier alpha value is 1.02. The van der Waals surface area contributed by atoms with Crippen LogP contribution >= 0.6 is 98.5 Å². The Morgan fingerprint density at radius 1 is 0.556 bits per heavy atom. The molecule has 0 N–H and O–H groups in total. The summed E-state index contributed by atoms with van der Waals surface area (Å²) in [6.07, 6.45) is 0. The summed E-state index contributed by atoms with van der Waals surface area (Å²) < 4.78 is 0. The van der Waals surface area contributed by atoms with E-state index in [1.807, 2.05) is 30.3 Å². The lowest BCUT2D eigenvalue weighted by Crippen LogP contribution is -1.70. The molecule has 2 rings (SSSR count). The van der Waals surface area contributed by atoms with Gasteiger partial charge in [-0.3, -0.25) is 0 Å². The Kier molecular flexibility index (Phi) is 36.5. The zero-order valence-electron chi connectivity index (χ0n) is 8.78. The summed E-state index contributed by atoms with van der Waals surface area (Å²) in [5.41, 5.74) is 0. The minimum atomic E-state index is 0. The van der Waals surface area contributed by atoms with Gasteiger partial charge in [-0.05, 0) is 11.5 Å². The second-order valence-electron chi connectivity index (χ2n) is 2.46. The van der Waals surface area contributed by atoms with Gasteiger partial charge < -0.3 is 0 Å². The summed E-state index contributed by atoms with van der Waals surface area (Å²) >= 11 is 5.96. The lowest BCUT2D eigenvalue weighted by molar-refractivity contribution is 1.75. The average molecular weight is 418 g/mol. The summed E-state index contributed by atoms with van der Waals surface area (Å²) in [4.78, 5) is 0. The van der Waals surface area contributed by atoms with Gasteiger partial charge in [-0.1, -0.05) is 48.0 Å². The largest absolute Gasteiger partial charge is 0.147 e. The van der Waals surface area contributed by atoms with Crippen LogP contribution in [0.2, 0.25) is 5.02 Å². The van der Waals surface area contributed by atoms with Crippen molar-refractivity contribution in [3.63, 3.8) is 0 Å². The van der Waals surface area contributed by atoms with Gasteiger partial charge in [0.15, 0.2) is 0 Å². The Balaban J connectivity index is -0.0000000514. The fourth-order valence-electron chi connectivity index (χ4n) is 1.19. The molecule has 0 bridgehead atoms. The summed E-state index contributed by atoms with van der Waals surface area (Å²) in [6, 6.07) is 14.0. The monoisotopic (exact) mass is 414 g/mol. The molecule has 0 radical (unpaired) electrons. The minimum Gasteiger partial charge on any atom is -0.147 e. The molecule has 0 aromatic heterocycles. The second-order valence-corrected chi connectivity index (χ2v) is 2.87.